The number of rotatable bonds is 5. The van der Waals surface area contributed by atoms with Crippen LogP contribution in [0.25, 0.3) is 0 Å². The molecule has 0 aliphatic carbocycles. The number of ether oxygens (including phenoxy) is 2. The Labute approximate surface area is 136 Å². The first kappa shape index (κ1) is 17.4. The van der Waals surface area contributed by atoms with Crippen LogP contribution in [-0.2, 0) is 21.4 Å². The molecule has 2 aromatic rings. The number of nitrogen functional groups attached to an aromatic ring is 2. The minimum Gasteiger partial charge on any atom is -0.495 e. The van der Waals surface area contributed by atoms with Gasteiger partial charge in [-0.05, 0) is 18.2 Å². The molecule has 128 valence electrons. The van der Waals surface area contributed by atoms with Crippen molar-refractivity contribution in [2.75, 3.05) is 18.6 Å². The van der Waals surface area contributed by atoms with Crippen molar-refractivity contribution in [1.29, 1.82) is 0 Å². The lowest BCUT2D eigenvalue weighted by Gasteiger charge is -2.09. The maximum atomic E-state index is 12.0. The Hall–Kier alpha value is -2.99. The van der Waals surface area contributed by atoms with Gasteiger partial charge in [0.1, 0.15) is 10.6 Å². The van der Waals surface area contributed by atoms with Gasteiger partial charge in [-0.15, -0.1) is 0 Å². The van der Waals surface area contributed by atoms with Crippen LogP contribution in [-0.4, -0.2) is 36.4 Å². The number of aromatic nitrogens is 3. The number of methoxy groups -OCH3 is 1. The zero-order valence-corrected chi connectivity index (χ0v) is 13.3. The number of nitrogens with zero attached hydrogens (tertiary/aromatic N) is 3. The highest BCUT2D eigenvalue weighted by atomic mass is 32.2. The lowest BCUT2D eigenvalue weighted by molar-refractivity contribution is 0.0462. The van der Waals surface area contributed by atoms with Crippen LogP contribution in [0, 0.1) is 0 Å². The molecule has 0 aliphatic heterocycles. The number of benzene rings is 1. The Balaban J connectivity index is 2.21. The normalized spacial score (nSPS) is 11.1. The zero-order chi connectivity index (χ0) is 17.9. The summed E-state index contributed by atoms with van der Waals surface area (Å²) < 4.78 is 32.9. The molecule has 0 saturated heterocycles. The Kier molecular flexibility index (Phi) is 4.80. The third-order valence-corrected chi connectivity index (χ3v) is 3.69. The average molecular weight is 354 g/mol. The van der Waals surface area contributed by atoms with E-state index in [0.717, 1.165) is 6.07 Å². The molecule has 24 heavy (non-hydrogen) atoms. The highest BCUT2D eigenvalue weighted by Crippen LogP contribution is 2.24. The van der Waals surface area contributed by atoms with E-state index in [0.29, 0.717) is 0 Å². The number of sulfonamides is 1. The van der Waals surface area contributed by atoms with E-state index in [1.165, 1.54) is 19.2 Å². The Morgan fingerprint density at radius 2 is 1.79 bits per heavy atom. The third kappa shape index (κ3) is 4.05. The van der Waals surface area contributed by atoms with Crippen LogP contribution in [0.15, 0.2) is 23.1 Å². The smallest absolute Gasteiger partial charge is 0.338 e. The van der Waals surface area contributed by atoms with E-state index < -0.39 is 16.0 Å². The van der Waals surface area contributed by atoms with Gasteiger partial charge in [0, 0.05) is 0 Å². The van der Waals surface area contributed by atoms with Gasteiger partial charge in [-0.25, -0.2) is 18.4 Å². The predicted molar refractivity (Wildman–Crippen MR) is 82.1 cm³/mol. The number of hydrogen-bond donors (Lipinski definition) is 3. The first-order valence-electron chi connectivity index (χ1n) is 6.34. The van der Waals surface area contributed by atoms with Gasteiger partial charge in [0.25, 0.3) is 0 Å². The lowest BCUT2D eigenvalue weighted by atomic mass is 10.2. The second kappa shape index (κ2) is 6.64. The SMILES string of the molecule is COc1ccc(C(=O)OCc2nc(N)nc(N)n2)cc1S(N)(=O)=O. The molecule has 2 rings (SSSR count). The fourth-order valence-corrected chi connectivity index (χ4v) is 2.48. The topological polar surface area (TPSA) is 186 Å². The van der Waals surface area contributed by atoms with E-state index >= 15 is 0 Å². The molecule has 0 aliphatic rings. The van der Waals surface area contributed by atoms with Crippen LogP contribution in [0.1, 0.15) is 16.2 Å². The molecule has 0 atom stereocenters. The van der Waals surface area contributed by atoms with E-state index in [2.05, 4.69) is 15.0 Å². The molecule has 1 heterocycles. The monoisotopic (exact) mass is 354 g/mol. The number of hydrogen-bond acceptors (Lipinski definition) is 10. The molecule has 0 bridgehead atoms. The minimum atomic E-state index is -4.08. The largest absolute Gasteiger partial charge is 0.495 e. The summed E-state index contributed by atoms with van der Waals surface area (Å²) in [5.74, 6) is -0.996. The average Bonchev–Trinajstić information content (AvgIpc) is 2.50. The van der Waals surface area contributed by atoms with Crippen LogP contribution in [0.5, 0.6) is 5.75 Å². The quantitative estimate of drug-likeness (QED) is 0.565. The van der Waals surface area contributed by atoms with Gasteiger partial charge in [0.2, 0.25) is 21.9 Å². The molecular weight excluding hydrogens is 340 g/mol. The van der Waals surface area contributed by atoms with Gasteiger partial charge in [-0.3, -0.25) is 0 Å². The van der Waals surface area contributed by atoms with Crippen molar-refractivity contribution in [2.24, 2.45) is 5.14 Å². The van der Waals surface area contributed by atoms with Crippen molar-refractivity contribution < 1.29 is 22.7 Å². The molecule has 0 saturated carbocycles. The fourth-order valence-electron chi connectivity index (χ4n) is 1.76. The van der Waals surface area contributed by atoms with Gasteiger partial charge in [-0.1, -0.05) is 0 Å². The van der Waals surface area contributed by atoms with Crippen LogP contribution in [0.2, 0.25) is 0 Å². The van der Waals surface area contributed by atoms with Crippen LogP contribution in [0.4, 0.5) is 11.9 Å². The van der Waals surface area contributed by atoms with E-state index in [1.54, 1.807) is 0 Å². The van der Waals surface area contributed by atoms with E-state index in [-0.39, 0.29) is 40.5 Å². The molecule has 1 aromatic carbocycles. The minimum absolute atomic E-state index is 0.00654. The second-order valence-corrected chi connectivity index (χ2v) is 5.98. The number of primary sulfonamides is 1. The maximum absolute atomic E-state index is 12.0. The van der Waals surface area contributed by atoms with Crippen molar-refractivity contribution in [3.63, 3.8) is 0 Å². The summed E-state index contributed by atoms with van der Waals surface area (Å²) in [6, 6.07) is 3.66. The van der Waals surface area contributed by atoms with Crippen molar-refractivity contribution in [3.05, 3.63) is 29.6 Å². The highest BCUT2D eigenvalue weighted by Gasteiger charge is 2.19. The summed E-state index contributed by atoms with van der Waals surface area (Å²) in [6.07, 6.45) is 0. The Morgan fingerprint density at radius 1 is 1.17 bits per heavy atom. The van der Waals surface area contributed by atoms with Gasteiger partial charge in [0.15, 0.2) is 12.4 Å². The number of nitrogens with two attached hydrogens (primary N) is 3. The van der Waals surface area contributed by atoms with E-state index in [4.69, 9.17) is 26.1 Å². The summed E-state index contributed by atoms with van der Waals surface area (Å²) in [4.78, 5) is 22.8. The molecule has 0 unspecified atom stereocenters. The van der Waals surface area contributed by atoms with Gasteiger partial charge in [-0.2, -0.15) is 15.0 Å². The third-order valence-electron chi connectivity index (χ3n) is 2.75. The van der Waals surface area contributed by atoms with Crippen molar-refractivity contribution in [2.45, 2.75) is 11.5 Å². The van der Waals surface area contributed by atoms with Gasteiger partial charge < -0.3 is 20.9 Å². The predicted octanol–water partition coefficient (Wildman–Crippen LogP) is -0.951. The Morgan fingerprint density at radius 3 is 2.33 bits per heavy atom. The molecule has 0 fully saturated rings. The molecule has 6 N–H and O–H groups in total. The standard InChI is InChI=1S/C12H14N6O5S/c1-22-7-3-2-6(4-8(7)24(15,20)21)10(19)23-5-9-16-11(13)18-12(14)17-9/h2-4H,5H2,1H3,(H2,15,20,21)(H4,13,14,16,17,18). The van der Waals surface area contributed by atoms with Crippen molar-refractivity contribution in [3.8, 4) is 5.75 Å². The summed E-state index contributed by atoms with van der Waals surface area (Å²) in [5, 5.41) is 5.09. The van der Waals surface area contributed by atoms with Crippen LogP contribution in [0.3, 0.4) is 0 Å². The number of carbonyl (C=O) groups excluding carboxylic acids is 1. The molecule has 12 heteroatoms. The van der Waals surface area contributed by atoms with Gasteiger partial charge >= 0.3 is 5.97 Å². The first-order chi connectivity index (χ1) is 11.2. The highest BCUT2D eigenvalue weighted by molar-refractivity contribution is 7.89. The number of carbonyl (C=O) groups is 1. The molecular formula is C12H14N6O5S. The number of anilines is 2. The lowest BCUT2D eigenvalue weighted by Crippen LogP contribution is -2.15. The summed E-state index contributed by atoms with van der Waals surface area (Å²) in [6.45, 7) is -0.327. The fraction of sp³-hybridized carbons (Fsp3) is 0.167. The summed E-state index contributed by atoms with van der Waals surface area (Å²) in [7, 11) is -2.80. The molecule has 1 aromatic heterocycles. The summed E-state index contributed by atoms with van der Waals surface area (Å²) >= 11 is 0. The zero-order valence-electron chi connectivity index (χ0n) is 12.5. The molecule has 0 spiro atoms. The van der Waals surface area contributed by atoms with Crippen LogP contribution < -0.4 is 21.3 Å². The summed E-state index contributed by atoms with van der Waals surface area (Å²) in [5.41, 5.74) is 10.8. The second-order valence-electron chi connectivity index (χ2n) is 4.45. The molecule has 0 amide bonds. The van der Waals surface area contributed by atoms with Crippen molar-refractivity contribution in [1.82, 2.24) is 15.0 Å². The molecule has 0 radical (unpaired) electrons. The van der Waals surface area contributed by atoms with E-state index in [1.807, 2.05) is 0 Å². The molecule has 11 nitrogen and oxygen atoms in total. The maximum Gasteiger partial charge on any atom is 0.338 e. The van der Waals surface area contributed by atoms with Gasteiger partial charge in [0.05, 0.1) is 12.7 Å². The Bertz CT molecular complexity index is 865. The first-order valence-corrected chi connectivity index (χ1v) is 7.89. The van der Waals surface area contributed by atoms with Crippen LogP contribution >= 0.6 is 0 Å². The number of esters is 1. The van der Waals surface area contributed by atoms with E-state index in [9.17, 15) is 13.2 Å². The van der Waals surface area contributed by atoms with Crippen molar-refractivity contribution >= 4 is 27.9 Å².